The lowest BCUT2D eigenvalue weighted by atomic mass is 10.1. The van der Waals surface area contributed by atoms with Crippen molar-refractivity contribution in [1.82, 2.24) is 20.1 Å². The number of hydrogen-bond donors (Lipinski definition) is 1. The molecule has 4 aromatic heterocycles. The molecule has 0 aromatic carbocycles. The van der Waals surface area contributed by atoms with E-state index in [0.717, 1.165) is 0 Å². The van der Waals surface area contributed by atoms with Crippen LogP contribution in [0.4, 0.5) is 0 Å². The van der Waals surface area contributed by atoms with Gasteiger partial charge in [-0.05, 0) is 25.1 Å². The van der Waals surface area contributed by atoms with Gasteiger partial charge >= 0.3 is 5.63 Å². The van der Waals surface area contributed by atoms with Crippen molar-refractivity contribution in [2.24, 2.45) is 0 Å². The van der Waals surface area contributed by atoms with Gasteiger partial charge < -0.3 is 14.0 Å². The molecular weight excluding hydrogens is 324 g/mol. The minimum atomic E-state index is -0.614. The third kappa shape index (κ3) is 2.58. The highest BCUT2D eigenvalue weighted by atomic mass is 16.5. The first kappa shape index (κ1) is 15.2. The zero-order valence-corrected chi connectivity index (χ0v) is 13.1. The van der Waals surface area contributed by atoms with Crippen molar-refractivity contribution in [1.29, 1.82) is 0 Å². The molecular formula is C17H12N4O4. The topological polar surface area (TPSA) is 115 Å². The van der Waals surface area contributed by atoms with Crippen molar-refractivity contribution in [2.45, 2.75) is 13.5 Å². The molecule has 8 heteroatoms. The van der Waals surface area contributed by atoms with E-state index in [4.69, 9.17) is 8.94 Å². The van der Waals surface area contributed by atoms with Gasteiger partial charge in [-0.15, -0.1) is 0 Å². The first-order valence-corrected chi connectivity index (χ1v) is 7.45. The summed E-state index contributed by atoms with van der Waals surface area (Å²) in [7, 11) is 0. The number of aliphatic hydroxyl groups is 1. The molecule has 0 saturated heterocycles. The van der Waals surface area contributed by atoms with E-state index in [1.165, 1.54) is 6.20 Å². The summed E-state index contributed by atoms with van der Waals surface area (Å²) >= 11 is 0. The Morgan fingerprint density at radius 1 is 1.24 bits per heavy atom. The molecule has 0 unspecified atom stereocenters. The summed E-state index contributed by atoms with van der Waals surface area (Å²) in [5, 5.41) is 14.0. The fourth-order valence-electron chi connectivity index (χ4n) is 2.51. The number of aliphatic hydroxyl groups excluding tert-OH is 1. The molecule has 0 aliphatic carbocycles. The maximum atomic E-state index is 12.3. The number of rotatable bonds is 3. The van der Waals surface area contributed by atoms with Gasteiger partial charge in [0, 0.05) is 35.1 Å². The van der Waals surface area contributed by atoms with Crippen molar-refractivity contribution < 1.29 is 14.0 Å². The van der Waals surface area contributed by atoms with Crippen LogP contribution in [0.2, 0.25) is 0 Å². The van der Waals surface area contributed by atoms with Gasteiger partial charge in [-0.3, -0.25) is 9.97 Å². The Kier molecular flexibility index (Phi) is 3.58. The largest absolute Gasteiger partial charge is 0.420 e. The van der Waals surface area contributed by atoms with Gasteiger partial charge in [-0.25, -0.2) is 4.79 Å². The molecule has 0 bridgehead atoms. The lowest BCUT2D eigenvalue weighted by Gasteiger charge is -2.05. The van der Waals surface area contributed by atoms with Crippen molar-refractivity contribution >= 4 is 11.0 Å². The van der Waals surface area contributed by atoms with Crippen LogP contribution in [0.25, 0.3) is 33.8 Å². The van der Waals surface area contributed by atoms with Crippen LogP contribution in [0, 0.1) is 6.92 Å². The summed E-state index contributed by atoms with van der Waals surface area (Å²) < 4.78 is 10.6. The fourth-order valence-corrected chi connectivity index (χ4v) is 2.51. The minimum absolute atomic E-state index is 0.0424. The van der Waals surface area contributed by atoms with Crippen LogP contribution in [0.3, 0.4) is 0 Å². The molecule has 0 aliphatic rings. The quantitative estimate of drug-likeness (QED) is 0.605. The SMILES string of the molecule is Cc1ncc(CO)c2cc(-c3nc(-c4ccncc4)no3)c(=O)oc12. The summed E-state index contributed by atoms with van der Waals surface area (Å²) in [6.07, 6.45) is 4.76. The van der Waals surface area contributed by atoms with Crippen molar-refractivity contribution in [3.63, 3.8) is 0 Å². The van der Waals surface area contributed by atoms with Gasteiger partial charge in [0.15, 0.2) is 5.58 Å². The minimum Gasteiger partial charge on any atom is -0.420 e. The number of hydrogen-bond acceptors (Lipinski definition) is 8. The van der Waals surface area contributed by atoms with E-state index in [-0.39, 0.29) is 18.1 Å². The van der Waals surface area contributed by atoms with Crippen LogP contribution in [-0.2, 0) is 6.61 Å². The van der Waals surface area contributed by atoms with Gasteiger partial charge in [0.25, 0.3) is 5.89 Å². The van der Waals surface area contributed by atoms with Gasteiger partial charge in [-0.1, -0.05) is 5.16 Å². The van der Waals surface area contributed by atoms with Crippen molar-refractivity contribution in [3.8, 4) is 22.8 Å². The first-order chi connectivity index (χ1) is 12.2. The van der Waals surface area contributed by atoms with E-state index in [9.17, 15) is 9.90 Å². The molecule has 0 aliphatic heterocycles. The lowest BCUT2D eigenvalue weighted by Crippen LogP contribution is -2.05. The van der Waals surface area contributed by atoms with Gasteiger partial charge in [0.1, 0.15) is 5.56 Å². The van der Waals surface area contributed by atoms with E-state index in [1.807, 2.05) is 0 Å². The molecule has 0 amide bonds. The highest BCUT2D eigenvalue weighted by molar-refractivity contribution is 5.84. The fraction of sp³-hybridized carbons (Fsp3) is 0.118. The molecule has 0 fully saturated rings. The smallest absolute Gasteiger partial charge is 0.349 e. The lowest BCUT2D eigenvalue weighted by molar-refractivity contribution is 0.282. The van der Waals surface area contributed by atoms with Crippen molar-refractivity contribution in [2.75, 3.05) is 0 Å². The Morgan fingerprint density at radius 2 is 2.04 bits per heavy atom. The Bertz CT molecular complexity index is 1120. The molecule has 1 N–H and O–H groups in total. The predicted octanol–water partition coefficient (Wildman–Crippen LogP) is 2.10. The summed E-state index contributed by atoms with van der Waals surface area (Å²) in [4.78, 5) is 24.6. The average Bonchev–Trinajstić information content (AvgIpc) is 3.13. The zero-order valence-electron chi connectivity index (χ0n) is 13.1. The third-order valence-electron chi connectivity index (χ3n) is 3.80. The van der Waals surface area contributed by atoms with E-state index in [2.05, 4.69) is 20.1 Å². The molecule has 4 heterocycles. The Balaban J connectivity index is 1.89. The zero-order chi connectivity index (χ0) is 17.4. The molecule has 4 rings (SSSR count). The first-order valence-electron chi connectivity index (χ1n) is 7.45. The van der Waals surface area contributed by atoms with Crippen LogP contribution in [-0.4, -0.2) is 25.2 Å². The number of pyridine rings is 2. The second kappa shape index (κ2) is 5.91. The summed E-state index contributed by atoms with van der Waals surface area (Å²) in [5.74, 6) is 0.381. The van der Waals surface area contributed by atoms with Crippen LogP contribution in [0.5, 0.6) is 0 Å². The van der Waals surface area contributed by atoms with E-state index in [0.29, 0.717) is 33.6 Å². The summed E-state index contributed by atoms with van der Waals surface area (Å²) in [6.45, 7) is 1.49. The van der Waals surface area contributed by atoms with Crippen molar-refractivity contribution in [3.05, 3.63) is 58.5 Å². The monoisotopic (exact) mass is 336 g/mol. The standard InChI is InChI=1S/C17H12N4O4/c1-9-14-12(11(8-22)7-19-9)6-13(17(23)24-14)16-20-15(21-25-16)10-2-4-18-5-3-10/h2-7,22H,8H2,1H3. The molecule has 25 heavy (non-hydrogen) atoms. The van der Waals surface area contributed by atoms with Crippen LogP contribution in [0.1, 0.15) is 11.3 Å². The van der Waals surface area contributed by atoms with Crippen LogP contribution < -0.4 is 5.63 Å². The third-order valence-corrected chi connectivity index (χ3v) is 3.80. The predicted molar refractivity (Wildman–Crippen MR) is 87.5 cm³/mol. The number of fused-ring (bicyclic) bond motifs is 1. The number of aromatic nitrogens is 4. The maximum absolute atomic E-state index is 12.3. The van der Waals surface area contributed by atoms with Gasteiger partial charge in [-0.2, -0.15) is 4.98 Å². The molecule has 0 saturated carbocycles. The molecule has 124 valence electrons. The van der Waals surface area contributed by atoms with Crippen LogP contribution in [0.15, 0.2) is 50.5 Å². The van der Waals surface area contributed by atoms with Crippen LogP contribution >= 0.6 is 0 Å². The highest BCUT2D eigenvalue weighted by Gasteiger charge is 2.18. The summed E-state index contributed by atoms with van der Waals surface area (Å²) in [6, 6.07) is 5.04. The molecule has 8 nitrogen and oxygen atoms in total. The molecule has 0 atom stereocenters. The van der Waals surface area contributed by atoms with E-state index in [1.54, 1.807) is 37.5 Å². The number of nitrogens with zero attached hydrogens (tertiary/aromatic N) is 4. The summed E-state index contributed by atoms with van der Waals surface area (Å²) in [5.41, 5.74) is 1.65. The van der Waals surface area contributed by atoms with Gasteiger partial charge in [0.2, 0.25) is 5.82 Å². The average molecular weight is 336 g/mol. The molecule has 4 aromatic rings. The van der Waals surface area contributed by atoms with Gasteiger partial charge in [0.05, 0.1) is 12.3 Å². The Morgan fingerprint density at radius 3 is 2.80 bits per heavy atom. The normalized spacial score (nSPS) is 11.1. The molecule has 0 spiro atoms. The maximum Gasteiger partial charge on any atom is 0.349 e. The van der Waals surface area contributed by atoms with E-state index < -0.39 is 5.63 Å². The second-order valence-electron chi connectivity index (χ2n) is 5.38. The Hall–Kier alpha value is -3.39. The molecule has 0 radical (unpaired) electrons. The Labute approximate surface area is 140 Å². The second-order valence-corrected chi connectivity index (χ2v) is 5.38. The number of aryl methyl sites for hydroxylation is 1. The van der Waals surface area contributed by atoms with E-state index >= 15 is 0 Å². The highest BCUT2D eigenvalue weighted by Crippen LogP contribution is 2.25.